The number of aromatic nitrogens is 2. The number of carbonyl (C=O) groups excluding carboxylic acids is 2. The van der Waals surface area contributed by atoms with Gasteiger partial charge in [0, 0.05) is 24.0 Å². The number of hydrogen-bond donors (Lipinski definition) is 1. The average molecular weight is 437 g/mol. The molecule has 1 saturated carbocycles. The first kappa shape index (κ1) is 20.1. The van der Waals surface area contributed by atoms with Gasteiger partial charge in [-0.15, -0.1) is 0 Å². The highest BCUT2D eigenvalue weighted by molar-refractivity contribution is 6.30. The van der Waals surface area contributed by atoms with Gasteiger partial charge in [-0.3, -0.25) is 9.59 Å². The summed E-state index contributed by atoms with van der Waals surface area (Å²) in [6.45, 7) is 0.317. The maximum atomic E-state index is 13.4. The van der Waals surface area contributed by atoms with E-state index in [-0.39, 0.29) is 17.9 Å². The molecule has 0 radical (unpaired) electrons. The number of nitrogens with one attached hydrogen (secondary N) is 1. The second kappa shape index (κ2) is 8.35. The van der Waals surface area contributed by atoms with Crippen molar-refractivity contribution < 1.29 is 9.59 Å². The zero-order valence-electron chi connectivity index (χ0n) is 17.2. The molecule has 160 valence electrons. The Morgan fingerprint density at radius 2 is 1.87 bits per heavy atom. The van der Waals surface area contributed by atoms with Crippen molar-refractivity contribution in [3.8, 4) is 0 Å². The fraction of sp³-hybridized carbons (Fsp3) is 0.375. The van der Waals surface area contributed by atoms with Gasteiger partial charge in [-0.1, -0.05) is 42.6 Å². The summed E-state index contributed by atoms with van der Waals surface area (Å²) >= 11 is 6.04. The molecule has 1 aromatic carbocycles. The Morgan fingerprint density at radius 3 is 2.71 bits per heavy atom. The third kappa shape index (κ3) is 3.92. The molecule has 6 nitrogen and oxygen atoms in total. The Hall–Kier alpha value is -2.86. The summed E-state index contributed by atoms with van der Waals surface area (Å²) in [6.07, 6.45) is 8.72. The lowest BCUT2D eigenvalue weighted by Gasteiger charge is -2.33. The summed E-state index contributed by atoms with van der Waals surface area (Å²) in [5.41, 5.74) is 2.18. The molecule has 5 rings (SSSR count). The lowest BCUT2D eigenvalue weighted by Crippen LogP contribution is -2.49. The molecular weight excluding hydrogens is 412 g/mol. The fourth-order valence-corrected chi connectivity index (χ4v) is 5.28. The summed E-state index contributed by atoms with van der Waals surface area (Å²) in [5.74, 6) is 0.251. The number of carbonyl (C=O) groups is 2. The second-order valence-corrected chi connectivity index (χ2v) is 8.94. The van der Waals surface area contributed by atoms with Gasteiger partial charge >= 0.3 is 0 Å². The van der Waals surface area contributed by atoms with Gasteiger partial charge < -0.3 is 14.6 Å². The number of rotatable bonds is 4. The minimum atomic E-state index is -0.438. The van der Waals surface area contributed by atoms with Crippen molar-refractivity contribution in [3.05, 3.63) is 71.1 Å². The Morgan fingerprint density at radius 1 is 1.06 bits per heavy atom. The minimum Gasteiger partial charge on any atom is -0.349 e. The summed E-state index contributed by atoms with van der Waals surface area (Å²) in [5, 5.41) is 3.65. The molecule has 3 unspecified atom stereocenters. The summed E-state index contributed by atoms with van der Waals surface area (Å²) in [6, 6.07) is 12.6. The normalized spacial score (nSPS) is 23.0. The van der Waals surface area contributed by atoms with Crippen molar-refractivity contribution in [2.75, 3.05) is 0 Å². The topological polar surface area (TPSA) is 66.7 Å². The third-order valence-corrected chi connectivity index (χ3v) is 6.78. The fourth-order valence-electron chi connectivity index (χ4n) is 5.11. The first-order chi connectivity index (χ1) is 15.1. The van der Waals surface area contributed by atoms with Gasteiger partial charge in [-0.2, -0.15) is 0 Å². The molecule has 3 aromatic rings. The molecule has 0 bridgehead atoms. The number of likely N-dealkylation sites (tertiary alicyclic amines) is 1. The van der Waals surface area contributed by atoms with Crippen molar-refractivity contribution in [3.63, 3.8) is 0 Å². The number of imidazole rings is 1. The first-order valence-electron chi connectivity index (χ1n) is 10.9. The van der Waals surface area contributed by atoms with Gasteiger partial charge in [-0.25, -0.2) is 4.98 Å². The van der Waals surface area contributed by atoms with E-state index < -0.39 is 6.04 Å². The van der Waals surface area contributed by atoms with Crippen LogP contribution >= 0.6 is 11.6 Å². The number of hydrogen-bond acceptors (Lipinski definition) is 3. The van der Waals surface area contributed by atoms with Crippen molar-refractivity contribution in [1.82, 2.24) is 19.6 Å². The van der Waals surface area contributed by atoms with Gasteiger partial charge in [0.2, 0.25) is 5.91 Å². The van der Waals surface area contributed by atoms with E-state index in [9.17, 15) is 9.59 Å². The van der Waals surface area contributed by atoms with Crippen LogP contribution in [-0.2, 0) is 11.3 Å². The van der Waals surface area contributed by atoms with E-state index in [4.69, 9.17) is 11.6 Å². The molecule has 31 heavy (non-hydrogen) atoms. The highest BCUT2D eigenvalue weighted by Crippen LogP contribution is 2.40. The van der Waals surface area contributed by atoms with Crippen molar-refractivity contribution in [2.24, 2.45) is 5.92 Å². The van der Waals surface area contributed by atoms with Crippen LogP contribution in [0.2, 0.25) is 5.02 Å². The number of fused-ring (bicyclic) bond motifs is 2. The van der Waals surface area contributed by atoms with E-state index in [1.165, 1.54) is 6.42 Å². The largest absolute Gasteiger partial charge is 0.349 e. The van der Waals surface area contributed by atoms with Gasteiger partial charge in [0.1, 0.15) is 11.7 Å². The lowest BCUT2D eigenvalue weighted by molar-refractivity contribution is -0.125. The van der Waals surface area contributed by atoms with Crippen molar-refractivity contribution in [2.45, 2.75) is 50.7 Å². The first-order valence-corrected chi connectivity index (χ1v) is 11.3. The Balaban J connectivity index is 1.34. The molecule has 3 heterocycles. The van der Waals surface area contributed by atoms with E-state index in [1.807, 2.05) is 51.9 Å². The smallest absolute Gasteiger partial charge is 0.254 e. The van der Waals surface area contributed by atoms with E-state index >= 15 is 0 Å². The lowest BCUT2D eigenvalue weighted by atomic mass is 9.84. The summed E-state index contributed by atoms with van der Waals surface area (Å²) in [7, 11) is 0. The van der Waals surface area contributed by atoms with Crippen LogP contribution in [0.15, 0.2) is 54.9 Å². The highest BCUT2D eigenvalue weighted by atomic mass is 35.5. The van der Waals surface area contributed by atoms with Crippen LogP contribution in [0, 0.1) is 5.92 Å². The van der Waals surface area contributed by atoms with E-state index in [2.05, 4.69) is 10.3 Å². The van der Waals surface area contributed by atoms with E-state index in [0.29, 0.717) is 23.0 Å². The molecule has 2 aliphatic rings. The Bertz CT molecular complexity index is 1110. The van der Waals surface area contributed by atoms with Gasteiger partial charge in [0.15, 0.2) is 0 Å². The average Bonchev–Trinajstić information content (AvgIpc) is 3.38. The zero-order valence-corrected chi connectivity index (χ0v) is 18.0. The SMILES string of the molecule is O=C(NCc1cn2cc(Cl)ccc2n1)C1CC2CCCCC2N1C(=O)c1ccccc1. The third-order valence-electron chi connectivity index (χ3n) is 6.55. The van der Waals surface area contributed by atoms with Crippen LogP contribution < -0.4 is 5.32 Å². The van der Waals surface area contributed by atoms with Crippen LogP contribution in [-0.4, -0.2) is 38.2 Å². The second-order valence-electron chi connectivity index (χ2n) is 8.50. The quantitative estimate of drug-likeness (QED) is 0.670. The van der Waals surface area contributed by atoms with Crippen molar-refractivity contribution in [1.29, 1.82) is 0 Å². The highest BCUT2D eigenvalue weighted by Gasteiger charge is 2.47. The molecule has 2 aromatic heterocycles. The van der Waals surface area contributed by atoms with Crippen LogP contribution in [0.5, 0.6) is 0 Å². The Labute approximate surface area is 186 Å². The van der Waals surface area contributed by atoms with Crippen LogP contribution in [0.3, 0.4) is 0 Å². The molecule has 0 spiro atoms. The number of nitrogens with zero attached hydrogens (tertiary/aromatic N) is 3. The minimum absolute atomic E-state index is 0.0440. The molecule has 2 fully saturated rings. The predicted octanol–water partition coefficient (Wildman–Crippen LogP) is 4.08. The Kier molecular flexibility index (Phi) is 5.40. The molecule has 2 amide bonds. The monoisotopic (exact) mass is 436 g/mol. The van der Waals surface area contributed by atoms with Crippen LogP contribution in [0.25, 0.3) is 5.65 Å². The number of amides is 2. The van der Waals surface area contributed by atoms with E-state index in [1.54, 1.807) is 12.3 Å². The molecule has 1 aliphatic carbocycles. The van der Waals surface area contributed by atoms with Gasteiger partial charge in [0.25, 0.3) is 5.91 Å². The van der Waals surface area contributed by atoms with Crippen LogP contribution in [0.1, 0.15) is 48.2 Å². The predicted molar refractivity (Wildman–Crippen MR) is 119 cm³/mol. The molecule has 3 atom stereocenters. The number of halogens is 1. The van der Waals surface area contributed by atoms with E-state index in [0.717, 1.165) is 37.0 Å². The maximum absolute atomic E-state index is 13.4. The van der Waals surface area contributed by atoms with Gasteiger partial charge in [-0.05, 0) is 49.4 Å². The number of pyridine rings is 1. The molecular formula is C24H25ClN4O2. The van der Waals surface area contributed by atoms with Crippen molar-refractivity contribution >= 4 is 29.1 Å². The van der Waals surface area contributed by atoms with Gasteiger partial charge in [0.05, 0.1) is 17.3 Å². The number of benzene rings is 1. The summed E-state index contributed by atoms with van der Waals surface area (Å²) in [4.78, 5) is 33.0. The zero-order chi connectivity index (χ0) is 21.4. The molecule has 7 heteroatoms. The molecule has 1 N–H and O–H groups in total. The van der Waals surface area contributed by atoms with Crippen LogP contribution in [0.4, 0.5) is 0 Å². The standard InChI is InChI=1S/C24H25ClN4O2/c25-18-10-11-22-27-19(15-28(22)14-18)13-26-23(30)21-12-17-8-4-5-9-20(17)29(21)24(31)16-6-2-1-3-7-16/h1-3,6-7,10-11,14-15,17,20-21H,4-5,8-9,12-13H2,(H,26,30). The molecule has 1 aliphatic heterocycles. The maximum Gasteiger partial charge on any atom is 0.254 e. The molecule has 1 saturated heterocycles. The summed E-state index contributed by atoms with van der Waals surface area (Å²) < 4.78 is 1.85.